The molecule has 1 aromatic rings. The Morgan fingerprint density at radius 1 is 1.14 bits per heavy atom. The van der Waals surface area contributed by atoms with E-state index in [1.807, 2.05) is 4.90 Å². The van der Waals surface area contributed by atoms with Crippen LogP contribution in [0.25, 0.3) is 0 Å². The molecule has 0 unspecified atom stereocenters. The number of nitrogens with one attached hydrogen (secondary N) is 1. The highest BCUT2D eigenvalue weighted by atomic mass is 16.6. The van der Waals surface area contributed by atoms with Crippen molar-refractivity contribution >= 4 is 23.3 Å². The minimum atomic E-state index is -0.922. The van der Waals surface area contributed by atoms with E-state index in [-0.39, 0.29) is 48.9 Å². The second-order valence-corrected chi connectivity index (χ2v) is 12.4. The lowest BCUT2D eigenvalue weighted by Gasteiger charge is -2.26. The van der Waals surface area contributed by atoms with E-state index in [4.69, 9.17) is 14.2 Å². The smallest absolute Gasteiger partial charge is 0.223 e. The predicted molar refractivity (Wildman–Crippen MR) is 155 cm³/mol. The van der Waals surface area contributed by atoms with Gasteiger partial charge in [-0.05, 0) is 43.4 Å². The molecule has 10 heteroatoms. The van der Waals surface area contributed by atoms with Crippen LogP contribution in [0.5, 0.6) is 11.5 Å². The minimum absolute atomic E-state index is 0.00566. The van der Waals surface area contributed by atoms with Gasteiger partial charge < -0.3 is 24.6 Å². The van der Waals surface area contributed by atoms with Crippen molar-refractivity contribution in [2.45, 2.75) is 76.9 Å². The van der Waals surface area contributed by atoms with Gasteiger partial charge in [0.05, 0.1) is 39.5 Å². The molecule has 1 aliphatic carbocycles. The zero-order chi connectivity index (χ0) is 30.3. The van der Waals surface area contributed by atoms with Crippen LogP contribution in [0.4, 0.5) is 0 Å². The third-order valence-corrected chi connectivity index (χ3v) is 8.88. The molecule has 3 fully saturated rings. The molecule has 2 saturated heterocycles. The number of methoxy groups -OCH3 is 1. The number of aromatic hydroxyl groups is 1. The van der Waals surface area contributed by atoms with Crippen LogP contribution < -0.4 is 10.1 Å². The molecule has 4 atom stereocenters. The molecule has 42 heavy (non-hydrogen) atoms. The van der Waals surface area contributed by atoms with Gasteiger partial charge in [-0.3, -0.25) is 24.1 Å². The van der Waals surface area contributed by atoms with Gasteiger partial charge in [-0.25, -0.2) is 0 Å². The third-order valence-electron chi connectivity index (χ3n) is 8.88. The lowest BCUT2D eigenvalue weighted by molar-refractivity contribution is -0.134. The number of Topliss-reactive ketones (excluding diaryl/α,β-unsaturated/α-hetero) is 3. The summed E-state index contributed by atoms with van der Waals surface area (Å²) < 4.78 is 15.9. The summed E-state index contributed by atoms with van der Waals surface area (Å²) in [6.45, 7) is 6.63. The van der Waals surface area contributed by atoms with Crippen molar-refractivity contribution in [3.63, 3.8) is 0 Å². The largest absolute Gasteiger partial charge is 0.504 e. The highest BCUT2D eigenvalue weighted by Gasteiger charge is 2.50. The van der Waals surface area contributed by atoms with E-state index in [0.29, 0.717) is 56.6 Å². The molecule has 2 N–H and O–H groups in total. The number of epoxide rings is 1. The predicted octanol–water partition coefficient (Wildman–Crippen LogP) is 2.87. The lowest BCUT2D eigenvalue weighted by Crippen LogP contribution is -2.46. The summed E-state index contributed by atoms with van der Waals surface area (Å²) in [5.74, 6) is -1.20. The Morgan fingerprint density at radius 3 is 2.45 bits per heavy atom. The van der Waals surface area contributed by atoms with Crippen molar-refractivity contribution in [1.29, 1.82) is 0 Å². The van der Waals surface area contributed by atoms with Crippen LogP contribution in [0.1, 0.15) is 64.4 Å². The summed E-state index contributed by atoms with van der Waals surface area (Å²) in [5, 5.41) is 13.2. The molecule has 2 aliphatic heterocycles. The van der Waals surface area contributed by atoms with Crippen molar-refractivity contribution in [1.82, 2.24) is 10.2 Å². The zero-order valence-electron chi connectivity index (χ0n) is 25.2. The summed E-state index contributed by atoms with van der Waals surface area (Å²) in [6, 6.07) is 3.94. The average Bonchev–Trinajstić information content (AvgIpc) is 3.50. The second-order valence-electron chi connectivity index (χ2n) is 12.4. The van der Waals surface area contributed by atoms with E-state index in [9.17, 15) is 24.3 Å². The molecule has 232 valence electrons. The van der Waals surface area contributed by atoms with Crippen LogP contribution in [0, 0.1) is 17.8 Å². The molecule has 0 aromatic heterocycles. The van der Waals surface area contributed by atoms with Gasteiger partial charge >= 0.3 is 0 Å². The highest BCUT2D eigenvalue weighted by molar-refractivity contribution is 5.97. The number of rotatable bonds is 16. The number of phenols is 1. The molecule has 0 bridgehead atoms. The van der Waals surface area contributed by atoms with E-state index in [1.54, 1.807) is 26.0 Å². The number of ketones is 3. The number of carbonyl (C=O) groups is 4. The van der Waals surface area contributed by atoms with E-state index >= 15 is 0 Å². The van der Waals surface area contributed by atoms with Gasteiger partial charge in [0.2, 0.25) is 5.91 Å². The molecule has 0 spiro atoms. The Morgan fingerprint density at radius 2 is 1.83 bits per heavy atom. The SMILES string of the molecule is COc1ccc(C[C@H](NC(=O)[C@H](C)CC(=O)CN2CCOCC2)C(=O)C[C@@H](CC2CCCC2)C(=O)[C@@]2(C)CO2)cc1O. The van der Waals surface area contributed by atoms with E-state index in [2.05, 4.69) is 5.32 Å². The Hall–Kier alpha value is -2.82. The summed E-state index contributed by atoms with van der Waals surface area (Å²) in [4.78, 5) is 55.3. The third kappa shape index (κ3) is 8.84. The van der Waals surface area contributed by atoms with Crippen LogP contribution in [0.3, 0.4) is 0 Å². The van der Waals surface area contributed by atoms with Gasteiger partial charge in [0.25, 0.3) is 0 Å². The maximum absolute atomic E-state index is 13.9. The molecular formula is C32H46N2O8. The number of ether oxygens (including phenoxy) is 3. The van der Waals surface area contributed by atoms with Crippen molar-refractivity contribution in [3.05, 3.63) is 23.8 Å². The number of morpholine rings is 1. The summed E-state index contributed by atoms with van der Waals surface area (Å²) >= 11 is 0. The van der Waals surface area contributed by atoms with Gasteiger partial charge in [0.15, 0.2) is 23.1 Å². The molecule has 10 nitrogen and oxygen atoms in total. The highest BCUT2D eigenvalue weighted by Crippen LogP contribution is 2.37. The average molecular weight is 587 g/mol. The van der Waals surface area contributed by atoms with Crippen molar-refractivity contribution in [2.24, 2.45) is 17.8 Å². The van der Waals surface area contributed by atoms with E-state index < -0.39 is 29.4 Å². The van der Waals surface area contributed by atoms with Crippen molar-refractivity contribution in [3.8, 4) is 11.5 Å². The maximum atomic E-state index is 13.9. The summed E-state index contributed by atoms with van der Waals surface area (Å²) in [7, 11) is 1.45. The van der Waals surface area contributed by atoms with Crippen LogP contribution in [-0.4, -0.2) is 91.5 Å². The number of nitrogens with zero attached hydrogens (tertiary/aromatic N) is 1. The molecule has 2 heterocycles. The number of hydrogen-bond acceptors (Lipinski definition) is 9. The fourth-order valence-electron chi connectivity index (χ4n) is 6.16. The van der Waals surface area contributed by atoms with Gasteiger partial charge in [-0.15, -0.1) is 0 Å². The number of hydrogen-bond donors (Lipinski definition) is 2. The van der Waals surface area contributed by atoms with Gasteiger partial charge in [0, 0.05) is 37.8 Å². The second kappa shape index (κ2) is 14.6. The summed E-state index contributed by atoms with van der Waals surface area (Å²) in [6.07, 6.45) is 5.21. The summed E-state index contributed by atoms with van der Waals surface area (Å²) in [5.41, 5.74) is -0.196. The lowest BCUT2D eigenvalue weighted by atomic mass is 9.81. The van der Waals surface area contributed by atoms with Crippen molar-refractivity contribution in [2.75, 3.05) is 46.6 Å². The Bertz CT molecular complexity index is 1120. The molecule has 4 rings (SSSR count). The van der Waals surface area contributed by atoms with Gasteiger partial charge in [0.1, 0.15) is 11.4 Å². The first-order valence-corrected chi connectivity index (χ1v) is 15.3. The standard InChI is InChI=1S/C32H46N2O8/c1-21(14-25(35)19-34-10-12-41-13-11-34)31(39)33-26(16-23-8-9-29(40-3)28(37)17-23)27(36)18-24(15-22-6-4-5-7-22)30(38)32(2)20-42-32/h8-9,17,21-22,24,26,37H,4-7,10-16,18-20H2,1-3H3,(H,33,39)/t21-,24-,26+,32-/m1/s1. The Kier molecular flexibility index (Phi) is 11.1. The molecule has 3 aliphatic rings. The maximum Gasteiger partial charge on any atom is 0.223 e. The van der Waals surface area contributed by atoms with Gasteiger partial charge in [-0.1, -0.05) is 38.7 Å². The monoisotopic (exact) mass is 586 g/mol. The fraction of sp³-hybridized carbons (Fsp3) is 0.688. The Labute approximate surface area is 248 Å². The number of amides is 1. The molecule has 1 aromatic carbocycles. The Balaban J connectivity index is 1.46. The van der Waals surface area contributed by atoms with Crippen molar-refractivity contribution < 1.29 is 38.5 Å². The van der Waals surface area contributed by atoms with Crippen LogP contribution in [0.15, 0.2) is 18.2 Å². The van der Waals surface area contributed by atoms with Crippen LogP contribution in [-0.2, 0) is 35.1 Å². The van der Waals surface area contributed by atoms with E-state index in [1.165, 1.54) is 13.2 Å². The quantitative estimate of drug-likeness (QED) is 0.280. The van der Waals surface area contributed by atoms with Crippen LogP contribution in [0.2, 0.25) is 0 Å². The normalized spacial score (nSPS) is 23.1. The minimum Gasteiger partial charge on any atom is -0.504 e. The molecule has 1 saturated carbocycles. The first kappa shape index (κ1) is 32.1. The topological polar surface area (TPSA) is 135 Å². The number of benzene rings is 1. The number of carbonyl (C=O) groups excluding carboxylic acids is 4. The first-order valence-electron chi connectivity index (χ1n) is 15.3. The van der Waals surface area contributed by atoms with Crippen LogP contribution >= 0.6 is 0 Å². The first-order chi connectivity index (χ1) is 20.1. The molecular weight excluding hydrogens is 540 g/mol. The van der Waals surface area contributed by atoms with Gasteiger partial charge in [-0.2, -0.15) is 0 Å². The number of phenolic OH excluding ortho intramolecular Hbond substituents is 1. The fourth-order valence-corrected chi connectivity index (χ4v) is 6.16. The zero-order valence-corrected chi connectivity index (χ0v) is 25.2. The van der Waals surface area contributed by atoms with E-state index in [0.717, 1.165) is 25.7 Å². The molecule has 1 amide bonds. The molecule has 0 radical (unpaired) electrons.